The Kier molecular flexibility index (Phi) is 7.02. The predicted octanol–water partition coefficient (Wildman–Crippen LogP) is 1.85. The summed E-state index contributed by atoms with van der Waals surface area (Å²) >= 11 is 11.0. The van der Waals surface area contributed by atoms with Crippen molar-refractivity contribution in [3.05, 3.63) is 29.3 Å². The number of nitrogens with zero attached hydrogens (tertiary/aromatic N) is 1. The quantitative estimate of drug-likeness (QED) is 0.421. The van der Waals surface area contributed by atoms with E-state index in [4.69, 9.17) is 28.6 Å². The summed E-state index contributed by atoms with van der Waals surface area (Å²) in [5, 5.41) is 4.48. The van der Waals surface area contributed by atoms with Crippen LogP contribution in [-0.2, 0) is 4.74 Å². The van der Waals surface area contributed by atoms with E-state index in [-0.39, 0.29) is 0 Å². The van der Waals surface area contributed by atoms with Crippen LogP contribution in [0.1, 0.15) is 6.42 Å². The minimum absolute atomic E-state index is 0.590. The minimum Gasteiger partial charge on any atom is -0.379 e. The number of rotatable bonds is 6. The van der Waals surface area contributed by atoms with Gasteiger partial charge in [0.15, 0.2) is 5.11 Å². The van der Waals surface area contributed by atoms with E-state index in [1.54, 1.807) is 0 Å². The van der Waals surface area contributed by atoms with Crippen molar-refractivity contribution in [3.8, 4) is 0 Å². The number of halogens is 1. The lowest BCUT2D eigenvalue weighted by Gasteiger charge is -2.26. The van der Waals surface area contributed by atoms with Crippen molar-refractivity contribution in [2.45, 2.75) is 6.42 Å². The minimum atomic E-state index is 0.590. The summed E-state index contributed by atoms with van der Waals surface area (Å²) < 4.78 is 5.32. The molecule has 0 saturated carbocycles. The van der Waals surface area contributed by atoms with Crippen molar-refractivity contribution >= 4 is 34.6 Å². The molecule has 0 aliphatic carbocycles. The van der Waals surface area contributed by atoms with Gasteiger partial charge in [-0.1, -0.05) is 11.6 Å². The van der Waals surface area contributed by atoms with Gasteiger partial charge in [0, 0.05) is 24.7 Å². The summed E-state index contributed by atoms with van der Waals surface area (Å²) in [6, 6.07) is 7.42. The van der Waals surface area contributed by atoms with E-state index >= 15 is 0 Å². The fraction of sp³-hybridized carbons (Fsp3) is 0.500. The van der Waals surface area contributed by atoms with Crippen LogP contribution in [0.15, 0.2) is 24.3 Å². The van der Waals surface area contributed by atoms with Gasteiger partial charge in [-0.05, 0) is 49.4 Å². The standard InChI is InChI=1S/C14H21ClN4OS/c15-12-2-4-13(5-3-12)17-18-14(21)16-6-1-7-19-8-10-20-11-9-19/h2-5,17H,1,6-11H2,(H2,16,18,21). The zero-order valence-corrected chi connectivity index (χ0v) is 13.5. The van der Waals surface area contributed by atoms with Crippen LogP contribution in [-0.4, -0.2) is 49.4 Å². The molecule has 0 radical (unpaired) electrons. The average molecular weight is 329 g/mol. The van der Waals surface area contributed by atoms with Crippen LogP contribution >= 0.6 is 23.8 Å². The zero-order valence-electron chi connectivity index (χ0n) is 11.9. The third-order valence-electron chi connectivity index (χ3n) is 3.20. The van der Waals surface area contributed by atoms with Crippen molar-refractivity contribution in [2.75, 3.05) is 44.8 Å². The number of ether oxygens (including phenoxy) is 1. The van der Waals surface area contributed by atoms with Crippen molar-refractivity contribution in [1.82, 2.24) is 15.6 Å². The Morgan fingerprint density at radius 2 is 1.95 bits per heavy atom. The Labute approximate surface area is 136 Å². The van der Waals surface area contributed by atoms with Crippen LogP contribution in [0.3, 0.4) is 0 Å². The molecule has 0 spiro atoms. The largest absolute Gasteiger partial charge is 0.379 e. The maximum Gasteiger partial charge on any atom is 0.185 e. The summed E-state index contributed by atoms with van der Waals surface area (Å²) in [6.45, 7) is 5.67. The summed E-state index contributed by atoms with van der Waals surface area (Å²) in [6.07, 6.45) is 1.06. The first-order chi connectivity index (χ1) is 10.2. The number of morpholine rings is 1. The lowest BCUT2D eigenvalue weighted by molar-refractivity contribution is 0.0376. The maximum absolute atomic E-state index is 5.82. The number of benzene rings is 1. The molecule has 0 bridgehead atoms. The van der Waals surface area contributed by atoms with Crippen LogP contribution in [0, 0.1) is 0 Å². The highest BCUT2D eigenvalue weighted by atomic mass is 35.5. The van der Waals surface area contributed by atoms with Crippen molar-refractivity contribution < 1.29 is 4.74 Å². The Morgan fingerprint density at radius 1 is 1.24 bits per heavy atom. The van der Waals surface area contributed by atoms with E-state index < -0.39 is 0 Å². The molecule has 3 N–H and O–H groups in total. The summed E-state index contributed by atoms with van der Waals surface area (Å²) in [7, 11) is 0. The van der Waals surface area contributed by atoms with Gasteiger partial charge in [-0.3, -0.25) is 15.8 Å². The van der Waals surface area contributed by atoms with Gasteiger partial charge < -0.3 is 10.1 Å². The lowest BCUT2D eigenvalue weighted by atomic mass is 10.3. The van der Waals surface area contributed by atoms with Gasteiger partial charge in [0.1, 0.15) is 0 Å². The second-order valence-corrected chi connectivity index (χ2v) is 5.67. The zero-order chi connectivity index (χ0) is 14.9. The second-order valence-electron chi connectivity index (χ2n) is 4.82. The average Bonchev–Trinajstić information content (AvgIpc) is 2.52. The molecule has 1 aromatic carbocycles. The first-order valence-electron chi connectivity index (χ1n) is 7.09. The van der Waals surface area contributed by atoms with Crippen LogP contribution in [0.25, 0.3) is 0 Å². The fourth-order valence-corrected chi connectivity index (χ4v) is 2.31. The van der Waals surface area contributed by atoms with E-state index in [1.807, 2.05) is 24.3 Å². The van der Waals surface area contributed by atoms with Crippen molar-refractivity contribution in [1.29, 1.82) is 0 Å². The molecular formula is C14H21ClN4OS. The molecule has 1 aliphatic heterocycles. The molecule has 2 rings (SSSR count). The smallest absolute Gasteiger partial charge is 0.185 e. The molecule has 7 heteroatoms. The SMILES string of the molecule is S=C(NCCCN1CCOCC1)NNc1ccc(Cl)cc1. The summed E-state index contributed by atoms with van der Waals surface area (Å²) in [4.78, 5) is 2.41. The molecule has 5 nitrogen and oxygen atoms in total. The van der Waals surface area contributed by atoms with E-state index in [0.29, 0.717) is 10.1 Å². The first kappa shape index (κ1) is 16.3. The molecule has 0 aromatic heterocycles. The first-order valence-corrected chi connectivity index (χ1v) is 7.88. The molecule has 116 valence electrons. The third kappa shape index (κ3) is 6.48. The summed E-state index contributed by atoms with van der Waals surface area (Å²) in [5.41, 5.74) is 6.89. The van der Waals surface area contributed by atoms with E-state index in [2.05, 4.69) is 21.1 Å². The number of thiocarbonyl (C=S) groups is 1. The second kappa shape index (κ2) is 9.04. The van der Waals surface area contributed by atoms with E-state index in [0.717, 1.165) is 51.5 Å². The summed E-state index contributed by atoms with van der Waals surface area (Å²) in [5.74, 6) is 0. The van der Waals surface area contributed by atoms with Gasteiger partial charge in [-0.25, -0.2) is 0 Å². The monoisotopic (exact) mass is 328 g/mol. The van der Waals surface area contributed by atoms with Crippen LogP contribution in [0.5, 0.6) is 0 Å². The molecule has 0 unspecified atom stereocenters. The Bertz CT molecular complexity index is 437. The van der Waals surface area contributed by atoms with Crippen LogP contribution in [0.4, 0.5) is 5.69 Å². The molecule has 1 aliphatic rings. The van der Waals surface area contributed by atoms with Gasteiger partial charge in [0.05, 0.1) is 18.9 Å². The van der Waals surface area contributed by atoms with Crippen LogP contribution in [0.2, 0.25) is 5.02 Å². The Morgan fingerprint density at radius 3 is 2.67 bits per heavy atom. The molecule has 0 atom stereocenters. The molecule has 21 heavy (non-hydrogen) atoms. The number of anilines is 1. The highest BCUT2D eigenvalue weighted by Crippen LogP contribution is 2.12. The lowest BCUT2D eigenvalue weighted by Crippen LogP contribution is -2.41. The molecular weight excluding hydrogens is 308 g/mol. The van der Waals surface area contributed by atoms with Gasteiger partial charge in [0.2, 0.25) is 0 Å². The molecule has 0 amide bonds. The number of nitrogens with one attached hydrogen (secondary N) is 3. The predicted molar refractivity (Wildman–Crippen MR) is 90.7 cm³/mol. The molecule has 1 aromatic rings. The number of hydrogen-bond acceptors (Lipinski definition) is 4. The van der Waals surface area contributed by atoms with Crippen molar-refractivity contribution in [2.24, 2.45) is 0 Å². The Balaban J connectivity index is 1.54. The molecule has 1 heterocycles. The normalized spacial score (nSPS) is 15.5. The molecule has 1 fully saturated rings. The van der Waals surface area contributed by atoms with Crippen molar-refractivity contribution in [3.63, 3.8) is 0 Å². The maximum atomic E-state index is 5.82. The van der Waals surface area contributed by atoms with E-state index in [1.165, 1.54) is 0 Å². The molecule has 1 saturated heterocycles. The topological polar surface area (TPSA) is 48.6 Å². The Hall–Kier alpha value is -1.08. The number of hydrazine groups is 1. The van der Waals surface area contributed by atoms with Crippen LogP contribution < -0.4 is 16.2 Å². The fourth-order valence-electron chi connectivity index (χ4n) is 2.04. The van der Waals surface area contributed by atoms with Gasteiger partial charge in [-0.2, -0.15) is 0 Å². The van der Waals surface area contributed by atoms with E-state index in [9.17, 15) is 0 Å². The van der Waals surface area contributed by atoms with Gasteiger partial charge >= 0.3 is 0 Å². The number of hydrogen-bond donors (Lipinski definition) is 3. The highest BCUT2D eigenvalue weighted by molar-refractivity contribution is 7.80. The van der Waals surface area contributed by atoms with Gasteiger partial charge in [-0.15, -0.1) is 0 Å². The third-order valence-corrected chi connectivity index (χ3v) is 3.70. The highest BCUT2D eigenvalue weighted by Gasteiger charge is 2.08. The van der Waals surface area contributed by atoms with Gasteiger partial charge in [0.25, 0.3) is 0 Å².